The molecule has 3 heterocycles. The fraction of sp³-hybridized carbons (Fsp3) is 0.429. The van der Waals surface area contributed by atoms with Gasteiger partial charge in [-0.1, -0.05) is 11.6 Å². The Morgan fingerprint density at radius 3 is 3.05 bits per heavy atom. The molecule has 3 aromatic heterocycles. The van der Waals surface area contributed by atoms with Crippen molar-refractivity contribution < 1.29 is 0 Å². The Morgan fingerprint density at radius 1 is 1.19 bits per heavy atom. The van der Waals surface area contributed by atoms with Gasteiger partial charge in [0.15, 0.2) is 5.82 Å². The number of fused-ring (bicyclic) bond motifs is 1. The van der Waals surface area contributed by atoms with Crippen LogP contribution in [0.3, 0.4) is 0 Å². The Bertz CT molecular complexity index is 722. The van der Waals surface area contributed by atoms with Gasteiger partial charge in [0.25, 0.3) is 0 Å². The van der Waals surface area contributed by atoms with Crippen molar-refractivity contribution in [3.63, 3.8) is 0 Å². The number of nitrogens with one attached hydrogen (secondary N) is 2. The van der Waals surface area contributed by atoms with E-state index >= 15 is 0 Å². The maximum Gasteiger partial charge on any atom is 0.159 e. The number of imidazole rings is 1. The summed E-state index contributed by atoms with van der Waals surface area (Å²) in [4.78, 5) is 7.22. The fourth-order valence-corrected chi connectivity index (χ4v) is 2.90. The van der Waals surface area contributed by atoms with E-state index in [1.165, 1.54) is 30.5 Å². The fourth-order valence-electron chi connectivity index (χ4n) is 2.90. The van der Waals surface area contributed by atoms with Crippen molar-refractivity contribution in [1.82, 2.24) is 35.2 Å². The Hall–Kier alpha value is -2.44. The first-order chi connectivity index (χ1) is 10.4. The quantitative estimate of drug-likeness (QED) is 0.716. The minimum atomic E-state index is 0.652. The van der Waals surface area contributed by atoms with E-state index in [2.05, 4.69) is 30.5 Å². The standard InChI is InChI=1S/C14H17N7/c1-2-4-10-11(5-3-1)17-18-12(10)8-21-9-13(19-20-21)14-15-6-7-16-14/h6-7,9H,1-5,8H2,(H,15,16)(H,17,18). The van der Waals surface area contributed by atoms with Crippen LogP contribution in [0.5, 0.6) is 0 Å². The summed E-state index contributed by atoms with van der Waals surface area (Å²) in [7, 11) is 0. The molecular formula is C14H17N7. The van der Waals surface area contributed by atoms with Crippen molar-refractivity contribution in [3.05, 3.63) is 35.5 Å². The number of hydrogen-bond donors (Lipinski definition) is 2. The molecule has 0 aromatic carbocycles. The number of H-pyrrole nitrogens is 2. The number of aromatic amines is 2. The van der Waals surface area contributed by atoms with Gasteiger partial charge in [-0.2, -0.15) is 5.10 Å². The van der Waals surface area contributed by atoms with Crippen molar-refractivity contribution in [2.75, 3.05) is 0 Å². The summed E-state index contributed by atoms with van der Waals surface area (Å²) in [6.45, 7) is 0.652. The van der Waals surface area contributed by atoms with Crippen LogP contribution in [0.25, 0.3) is 11.5 Å². The van der Waals surface area contributed by atoms with Gasteiger partial charge >= 0.3 is 0 Å². The summed E-state index contributed by atoms with van der Waals surface area (Å²) < 4.78 is 1.82. The predicted molar refractivity (Wildman–Crippen MR) is 76.6 cm³/mol. The Labute approximate surface area is 121 Å². The summed E-state index contributed by atoms with van der Waals surface area (Å²) in [5.74, 6) is 0.738. The zero-order valence-electron chi connectivity index (χ0n) is 11.7. The van der Waals surface area contributed by atoms with Crippen LogP contribution in [0.2, 0.25) is 0 Å². The Morgan fingerprint density at radius 2 is 2.14 bits per heavy atom. The molecule has 2 N–H and O–H groups in total. The topological polar surface area (TPSA) is 88.1 Å². The average Bonchev–Trinajstić information content (AvgIpc) is 3.19. The highest BCUT2D eigenvalue weighted by Crippen LogP contribution is 2.22. The number of aromatic nitrogens is 7. The third-order valence-electron chi connectivity index (χ3n) is 3.98. The maximum atomic E-state index is 4.47. The zero-order valence-corrected chi connectivity index (χ0v) is 11.7. The second-order valence-electron chi connectivity index (χ2n) is 5.43. The van der Waals surface area contributed by atoms with Crippen molar-refractivity contribution in [2.24, 2.45) is 0 Å². The second-order valence-corrected chi connectivity index (χ2v) is 5.43. The Kier molecular flexibility index (Phi) is 3.02. The van der Waals surface area contributed by atoms with Crippen LogP contribution in [-0.4, -0.2) is 35.2 Å². The minimum Gasteiger partial charge on any atom is -0.343 e. The lowest BCUT2D eigenvalue weighted by atomic mass is 10.1. The summed E-state index contributed by atoms with van der Waals surface area (Å²) >= 11 is 0. The highest BCUT2D eigenvalue weighted by molar-refractivity contribution is 5.45. The first-order valence-electron chi connectivity index (χ1n) is 7.35. The van der Waals surface area contributed by atoms with Gasteiger partial charge in [-0.25, -0.2) is 9.67 Å². The average molecular weight is 283 g/mol. The van der Waals surface area contributed by atoms with Crippen LogP contribution in [-0.2, 0) is 19.4 Å². The van der Waals surface area contributed by atoms with Crippen molar-refractivity contribution >= 4 is 0 Å². The molecule has 1 aliphatic carbocycles. The number of rotatable bonds is 3. The van der Waals surface area contributed by atoms with E-state index in [0.717, 1.165) is 30.1 Å². The minimum absolute atomic E-state index is 0.652. The third kappa shape index (κ3) is 2.35. The molecule has 21 heavy (non-hydrogen) atoms. The van der Waals surface area contributed by atoms with Crippen LogP contribution in [0.1, 0.15) is 36.2 Å². The molecule has 4 rings (SSSR count). The van der Waals surface area contributed by atoms with E-state index in [-0.39, 0.29) is 0 Å². The van der Waals surface area contributed by atoms with Gasteiger partial charge in [-0.3, -0.25) is 5.10 Å². The molecule has 0 amide bonds. The monoisotopic (exact) mass is 283 g/mol. The van der Waals surface area contributed by atoms with Gasteiger partial charge in [0.2, 0.25) is 0 Å². The van der Waals surface area contributed by atoms with E-state index < -0.39 is 0 Å². The molecular weight excluding hydrogens is 266 g/mol. The van der Waals surface area contributed by atoms with E-state index in [4.69, 9.17) is 0 Å². The molecule has 0 fully saturated rings. The van der Waals surface area contributed by atoms with Crippen LogP contribution in [0.4, 0.5) is 0 Å². The second kappa shape index (κ2) is 5.16. The zero-order chi connectivity index (χ0) is 14.1. The molecule has 0 atom stereocenters. The third-order valence-corrected chi connectivity index (χ3v) is 3.98. The van der Waals surface area contributed by atoms with Crippen LogP contribution >= 0.6 is 0 Å². The molecule has 0 unspecified atom stereocenters. The predicted octanol–water partition coefficient (Wildman–Crippen LogP) is 1.71. The molecule has 0 saturated carbocycles. The molecule has 108 valence electrons. The summed E-state index contributed by atoms with van der Waals surface area (Å²) in [5.41, 5.74) is 4.51. The molecule has 0 radical (unpaired) electrons. The van der Waals surface area contributed by atoms with Crippen LogP contribution in [0.15, 0.2) is 18.6 Å². The highest BCUT2D eigenvalue weighted by Gasteiger charge is 2.16. The molecule has 7 heteroatoms. The first kappa shape index (κ1) is 12.3. The lowest BCUT2D eigenvalue weighted by Crippen LogP contribution is -2.04. The molecule has 0 bridgehead atoms. The number of hydrogen-bond acceptors (Lipinski definition) is 4. The molecule has 0 saturated heterocycles. The van der Waals surface area contributed by atoms with Gasteiger partial charge < -0.3 is 4.98 Å². The van der Waals surface area contributed by atoms with Crippen LogP contribution < -0.4 is 0 Å². The number of aryl methyl sites for hydroxylation is 1. The number of nitrogens with zero attached hydrogens (tertiary/aromatic N) is 5. The van der Waals surface area contributed by atoms with Gasteiger partial charge in [-0.15, -0.1) is 5.10 Å². The summed E-state index contributed by atoms with van der Waals surface area (Å²) in [5, 5.41) is 16.0. The molecule has 1 aliphatic rings. The van der Waals surface area contributed by atoms with Crippen molar-refractivity contribution in [2.45, 2.75) is 38.6 Å². The SMILES string of the molecule is c1c[nH]c(-c2cn(Cc3n[nH]c4c3CCCCC4)nn2)n1. The van der Waals surface area contributed by atoms with Crippen LogP contribution in [0, 0.1) is 0 Å². The first-order valence-corrected chi connectivity index (χ1v) is 7.35. The molecule has 0 aliphatic heterocycles. The van der Waals surface area contributed by atoms with E-state index in [1.807, 2.05) is 10.9 Å². The summed E-state index contributed by atoms with van der Waals surface area (Å²) in [6.07, 6.45) is 11.4. The van der Waals surface area contributed by atoms with Crippen molar-refractivity contribution in [1.29, 1.82) is 0 Å². The molecule has 7 nitrogen and oxygen atoms in total. The molecule has 3 aromatic rings. The van der Waals surface area contributed by atoms with Gasteiger partial charge in [-0.05, 0) is 31.2 Å². The smallest absolute Gasteiger partial charge is 0.159 e. The largest absolute Gasteiger partial charge is 0.343 e. The highest BCUT2D eigenvalue weighted by atomic mass is 15.4. The maximum absolute atomic E-state index is 4.47. The van der Waals surface area contributed by atoms with Gasteiger partial charge in [0.05, 0.1) is 18.4 Å². The normalized spacial score (nSPS) is 14.9. The van der Waals surface area contributed by atoms with E-state index in [9.17, 15) is 0 Å². The van der Waals surface area contributed by atoms with Gasteiger partial charge in [0, 0.05) is 18.1 Å². The van der Waals surface area contributed by atoms with Crippen molar-refractivity contribution in [3.8, 4) is 11.5 Å². The van der Waals surface area contributed by atoms with Gasteiger partial charge in [0.1, 0.15) is 5.69 Å². The molecule has 0 spiro atoms. The summed E-state index contributed by atoms with van der Waals surface area (Å²) in [6, 6.07) is 0. The van der Waals surface area contributed by atoms with E-state index in [1.54, 1.807) is 12.4 Å². The Balaban J connectivity index is 1.58. The lowest BCUT2D eigenvalue weighted by Gasteiger charge is -2.01. The van der Waals surface area contributed by atoms with E-state index in [0.29, 0.717) is 6.54 Å². The lowest BCUT2D eigenvalue weighted by molar-refractivity contribution is 0.628.